The summed E-state index contributed by atoms with van der Waals surface area (Å²) in [5, 5.41) is 24.2. The van der Waals surface area contributed by atoms with Crippen molar-refractivity contribution in [1.82, 2.24) is 19.1 Å². The molecular formula is C17H22N6O6S2. The largest absolute Gasteiger partial charge is 0.393 e. The number of aliphatic hydroxyl groups is 2. The van der Waals surface area contributed by atoms with Crippen molar-refractivity contribution in [2.75, 3.05) is 42.0 Å². The summed E-state index contributed by atoms with van der Waals surface area (Å²) >= 11 is 2.88. The van der Waals surface area contributed by atoms with Crippen LogP contribution in [0.5, 0.6) is 0 Å². The van der Waals surface area contributed by atoms with Crippen LogP contribution in [0.15, 0.2) is 34.1 Å². The number of aliphatic hydroxyl groups excluding tert-OH is 2. The van der Waals surface area contributed by atoms with E-state index in [-0.39, 0.29) is 30.8 Å². The smallest absolute Gasteiger partial charge is 0.351 e. The SMILES string of the molecule is O=c1nc(NCNc2ccn([C@@H]3CS[C@H](CO)O3)c(=O)n2)ccn1[C@@H]1CS[C@H](CO)O1. The van der Waals surface area contributed by atoms with Crippen molar-refractivity contribution >= 4 is 35.2 Å². The maximum atomic E-state index is 12.3. The fourth-order valence-electron chi connectivity index (χ4n) is 3.06. The Bertz CT molecular complexity index is 940. The molecule has 0 unspecified atom stereocenters. The van der Waals surface area contributed by atoms with E-state index >= 15 is 0 Å². The second kappa shape index (κ2) is 10.0. The first-order valence-electron chi connectivity index (χ1n) is 9.49. The lowest BCUT2D eigenvalue weighted by atomic mass is 10.5. The Hall–Kier alpha value is -2.10. The molecule has 12 nitrogen and oxygen atoms in total. The summed E-state index contributed by atoms with van der Waals surface area (Å²) < 4.78 is 13.9. The van der Waals surface area contributed by atoms with Gasteiger partial charge in [0.25, 0.3) is 0 Å². The summed E-state index contributed by atoms with van der Waals surface area (Å²) in [6.07, 6.45) is 2.25. The van der Waals surface area contributed by atoms with Crippen molar-refractivity contribution in [2.45, 2.75) is 23.3 Å². The molecule has 4 rings (SSSR count). The van der Waals surface area contributed by atoms with Gasteiger partial charge in [0.1, 0.15) is 35.0 Å². The molecule has 0 aromatic carbocycles. The molecule has 2 fully saturated rings. The van der Waals surface area contributed by atoms with Crippen LogP contribution in [0, 0.1) is 0 Å². The lowest BCUT2D eigenvalue weighted by Gasteiger charge is -2.15. The number of aromatic nitrogens is 4. The second-order valence-electron chi connectivity index (χ2n) is 6.61. The first-order chi connectivity index (χ1) is 15.1. The van der Waals surface area contributed by atoms with E-state index in [9.17, 15) is 9.59 Å². The normalized spacial score (nSPS) is 25.6. The number of nitrogens with one attached hydrogen (secondary N) is 2. The van der Waals surface area contributed by atoms with Gasteiger partial charge in [0, 0.05) is 23.9 Å². The third-order valence-corrected chi connectivity index (χ3v) is 6.80. The van der Waals surface area contributed by atoms with E-state index in [2.05, 4.69) is 20.6 Å². The first-order valence-corrected chi connectivity index (χ1v) is 11.6. The maximum Gasteiger partial charge on any atom is 0.351 e. The van der Waals surface area contributed by atoms with Gasteiger partial charge in [0.05, 0.1) is 19.9 Å². The molecule has 2 aliphatic rings. The Morgan fingerprint density at radius 3 is 1.71 bits per heavy atom. The standard InChI is InChI=1S/C17H22N6O6S2/c24-5-14-28-12(7-30-14)22-3-1-10(20-16(22)26)18-9-19-11-2-4-23(17(27)21-11)13-8-31-15(6-25)29-13/h1-4,12-15,24-25H,5-9H2,(H,18,20,26)(H,19,21,27)/t12-,13-,14+,15+/m0/s1. The van der Waals surface area contributed by atoms with Crippen LogP contribution in [0.1, 0.15) is 12.5 Å². The highest BCUT2D eigenvalue weighted by Gasteiger charge is 2.28. The molecule has 2 aromatic heterocycles. The highest BCUT2D eigenvalue weighted by atomic mass is 32.2. The van der Waals surface area contributed by atoms with Crippen LogP contribution in [-0.4, -0.2) is 71.6 Å². The molecule has 0 saturated carbocycles. The fourth-order valence-corrected chi connectivity index (χ4v) is 4.92. The first kappa shape index (κ1) is 22.1. The summed E-state index contributed by atoms with van der Waals surface area (Å²) in [6, 6.07) is 3.28. The molecular weight excluding hydrogens is 448 g/mol. The van der Waals surface area contributed by atoms with Crippen molar-refractivity contribution in [2.24, 2.45) is 0 Å². The number of hydrogen-bond donors (Lipinski definition) is 4. The third-order valence-electron chi connectivity index (χ3n) is 4.58. The quantitative estimate of drug-likeness (QED) is 0.366. The van der Waals surface area contributed by atoms with Crippen LogP contribution >= 0.6 is 23.5 Å². The minimum atomic E-state index is -0.467. The summed E-state index contributed by atoms with van der Waals surface area (Å²) in [7, 11) is 0. The van der Waals surface area contributed by atoms with Gasteiger partial charge in [-0.2, -0.15) is 9.97 Å². The minimum absolute atomic E-state index is 0.108. The molecule has 4 N–H and O–H groups in total. The molecule has 0 radical (unpaired) electrons. The molecule has 2 aromatic rings. The summed E-state index contributed by atoms with van der Waals surface area (Å²) in [5.74, 6) is 1.84. The number of rotatable bonds is 8. The molecule has 0 aliphatic carbocycles. The fraction of sp³-hybridized carbons (Fsp3) is 0.529. The van der Waals surface area contributed by atoms with Crippen molar-refractivity contribution in [3.8, 4) is 0 Å². The van der Waals surface area contributed by atoms with E-state index in [1.807, 2.05) is 0 Å². The van der Waals surface area contributed by atoms with Gasteiger partial charge < -0.3 is 30.3 Å². The molecule has 0 amide bonds. The maximum absolute atomic E-state index is 12.3. The third kappa shape index (κ3) is 5.22. The van der Waals surface area contributed by atoms with Crippen molar-refractivity contribution in [1.29, 1.82) is 0 Å². The van der Waals surface area contributed by atoms with Gasteiger partial charge in [-0.15, -0.1) is 23.5 Å². The molecule has 4 heterocycles. The molecule has 31 heavy (non-hydrogen) atoms. The van der Waals surface area contributed by atoms with Gasteiger partial charge in [-0.1, -0.05) is 0 Å². The van der Waals surface area contributed by atoms with E-state index in [0.717, 1.165) is 0 Å². The van der Waals surface area contributed by atoms with E-state index in [0.29, 0.717) is 23.1 Å². The van der Waals surface area contributed by atoms with Crippen molar-refractivity contribution < 1.29 is 19.7 Å². The monoisotopic (exact) mass is 470 g/mol. The Morgan fingerprint density at radius 1 is 0.903 bits per heavy atom. The van der Waals surface area contributed by atoms with Crippen LogP contribution < -0.4 is 22.0 Å². The van der Waals surface area contributed by atoms with E-state index in [4.69, 9.17) is 19.7 Å². The van der Waals surface area contributed by atoms with E-state index in [1.54, 1.807) is 24.5 Å². The van der Waals surface area contributed by atoms with Crippen molar-refractivity contribution in [3.63, 3.8) is 0 Å². The molecule has 0 spiro atoms. The minimum Gasteiger partial charge on any atom is -0.393 e. The van der Waals surface area contributed by atoms with Crippen LogP contribution in [0.25, 0.3) is 0 Å². The molecule has 4 atom stereocenters. The highest BCUT2D eigenvalue weighted by molar-refractivity contribution is 8.00. The Morgan fingerprint density at radius 2 is 1.35 bits per heavy atom. The van der Waals surface area contributed by atoms with E-state index < -0.39 is 23.8 Å². The molecule has 14 heteroatoms. The van der Waals surface area contributed by atoms with Gasteiger partial charge in [-0.25, -0.2) is 9.59 Å². The zero-order chi connectivity index (χ0) is 21.8. The number of thioether (sulfide) groups is 2. The Kier molecular flexibility index (Phi) is 7.14. The number of anilines is 2. The van der Waals surface area contributed by atoms with Gasteiger partial charge in [-0.3, -0.25) is 9.13 Å². The predicted molar refractivity (Wildman–Crippen MR) is 116 cm³/mol. The molecule has 2 aliphatic heterocycles. The molecule has 168 valence electrons. The lowest BCUT2D eigenvalue weighted by molar-refractivity contribution is -0.00633. The van der Waals surface area contributed by atoms with Gasteiger partial charge >= 0.3 is 11.4 Å². The molecule has 2 saturated heterocycles. The van der Waals surface area contributed by atoms with Crippen LogP contribution in [0.2, 0.25) is 0 Å². The van der Waals surface area contributed by atoms with Crippen LogP contribution in [-0.2, 0) is 9.47 Å². The van der Waals surface area contributed by atoms with Gasteiger partial charge in [-0.05, 0) is 12.1 Å². The van der Waals surface area contributed by atoms with Crippen LogP contribution in [0.3, 0.4) is 0 Å². The van der Waals surface area contributed by atoms with Gasteiger partial charge in [0.15, 0.2) is 0 Å². The Labute approximate surface area is 185 Å². The summed E-state index contributed by atoms with van der Waals surface area (Å²) in [5.41, 5.74) is -1.61. The second-order valence-corrected chi connectivity index (χ2v) is 8.99. The zero-order valence-corrected chi connectivity index (χ0v) is 17.9. The Balaban J connectivity index is 1.31. The zero-order valence-electron chi connectivity index (χ0n) is 16.3. The van der Waals surface area contributed by atoms with Crippen LogP contribution in [0.4, 0.5) is 11.6 Å². The van der Waals surface area contributed by atoms with E-state index in [1.165, 1.54) is 32.7 Å². The van der Waals surface area contributed by atoms with Crippen molar-refractivity contribution in [3.05, 3.63) is 45.5 Å². The molecule has 0 bridgehead atoms. The average Bonchev–Trinajstić information content (AvgIpc) is 3.43. The highest BCUT2D eigenvalue weighted by Crippen LogP contribution is 2.31. The number of ether oxygens (including phenoxy) is 2. The number of hydrogen-bond acceptors (Lipinski definition) is 12. The summed E-state index contributed by atoms with van der Waals surface area (Å²) in [6.45, 7) is -0.0240. The summed E-state index contributed by atoms with van der Waals surface area (Å²) in [4.78, 5) is 32.5. The lowest BCUT2D eigenvalue weighted by Crippen LogP contribution is -2.30. The topological polar surface area (TPSA) is 153 Å². The number of nitrogens with zero attached hydrogens (tertiary/aromatic N) is 4. The average molecular weight is 471 g/mol. The predicted octanol–water partition coefficient (Wildman–Crippen LogP) is -0.558. The van der Waals surface area contributed by atoms with Gasteiger partial charge in [0.2, 0.25) is 0 Å².